The Bertz CT molecular complexity index is 1050. The Hall–Kier alpha value is -1.57. The average molecular weight is 495 g/mol. The maximum Gasteiger partial charge on any atom is 0.282 e. The van der Waals surface area contributed by atoms with Crippen molar-refractivity contribution in [1.29, 1.82) is 0 Å². The minimum Gasteiger partial charge on any atom is -0.417 e. The Morgan fingerprint density at radius 3 is 2.24 bits per heavy atom. The number of anilines is 1. The van der Waals surface area contributed by atoms with Crippen LogP contribution in [0.4, 0.5) is 5.95 Å². The number of nitrogens with zero attached hydrogens (tertiary/aromatic N) is 4. The fraction of sp³-hybridized carbons (Fsp3) is 0.818. The van der Waals surface area contributed by atoms with E-state index in [9.17, 15) is 4.79 Å². The molecule has 1 saturated carbocycles. The molecule has 1 aliphatic carbocycles. The fourth-order valence-corrected chi connectivity index (χ4v) is 6.22. The molecular weight excluding hydrogens is 452 g/mol. The summed E-state index contributed by atoms with van der Waals surface area (Å²) in [5, 5.41) is 8.69. The summed E-state index contributed by atoms with van der Waals surface area (Å²) in [6.45, 7) is 23.3. The third kappa shape index (κ3) is 5.25. The second-order valence-corrected chi connectivity index (χ2v) is 22.1. The van der Waals surface area contributed by atoms with Gasteiger partial charge in [0.15, 0.2) is 27.8 Å². The first-order valence-corrected chi connectivity index (χ1v) is 17.7. The van der Waals surface area contributed by atoms with Gasteiger partial charge in [-0.25, -0.2) is 4.68 Å². The van der Waals surface area contributed by atoms with Crippen molar-refractivity contribution in [3.05, 3.63) is 10.4 Å². The first kappa shape index (κ1) is 26.0. The summed E-state index contributed by atoms with van der Waals surface area (Å²) in [6.07, 6.45) is 1.66. The fourth-order valence-electron chi connectivity index (χ4n) is 3.77. The van der Waals surface area contributed by atoms with E-state index < -0.39 is 16.6 Å². The van der Waals surface area contributed by atoms with Crippen molar-refractivity contribution < 1.29 is 8.85 Å². The van der Waals surface area contributed by atoms with Gasteiger partial charge < -0.3 is 14.6 Å². The number of H-pyrrole nitrogens is 1. The molecular formula is C22H42N6O3Si2. The molecule has 11 heteroatoms. The Kier molecular flexibility index (Phi) is 6.77. The molecule has 2 heterocycles. The van der Waals surface area contributed by atoms with Crippen LogP contribution in [0.2, 0.25) is 36.3 Å². The second-order valence-electron chi connectivity index (χ2n) is 12.6. The van der Waals surface area contributed by atoms with Crippen LogP contribution in [0.15, 0.2) is 4.79 Å². The number of nitrogen functional groups attached to an aromatic ring is 1. The summed E-state index contributed by atoms with van der Waals surface area (Å²) in [5.74, 6) is 0.395. The van der Waals surface area contributed by atoms with Gasteiger partial charge >= 0.3 is 0 Å². The Morgan fingerprint density at radius 2 is 1.67 bits per heavy atom. The predicted octanol–water partition coefficient (Wildman–Crippen LogP) is 4.46. The van der Waals surface area contributed by atoms with E-state index in [1.54, 1.807) is 4.68 Å². The average Bonchev–Trinajstić information content (AvgIpc) is 3.21. The molecule has 0 spiro atoms. The van der Waals surface area contributed by atoms with Gasteiger partial charge in [-0.1, -0.05) is 46.8 Å². The van der Waals surface area contributed by atoms with E-state index in [-0.39, 0.29) is 39.2 Å². The van der Waals surface area contributed by atoms with Gasteiger partial charge in [-0.05, 0) is 55.0 Å². The standard InChI is InChI=1S/C22H42N6O3Si2/c1-21(2,3)32(7,8)30-13-14-11-15(16(12-14)31-33(9,10)22(4,5)6)28-18-17(26-27-28)19(29)25-20(23)24-18/h14-16H,11-13H2,1-10H3,(H3,23,24,25,29)/t14?,15-,16?/m1/s1. The first-order valence-electron chi connectivity index (χ1n) is 11.9. The largest absolute Gasteiger partial charge is 0.417 e. The molecule has 3 N–H and O–H groups in total. The summed E-state index contributed by atoms with van der Waals surface area (Å²) in [7, 11) is -3.90. The lowest BCUT2D eigenvalue weighted by atomic mass is 10.1. The summed E-state index contributed by atoms with van der Waals surface area (Å²) < 4.78 is 15.2. The number of fused-ring (bicyclic) bond motifs is 1. The highest BCUT2D eigenvalue weighted by Gasteiger charge is 2.46. The smallest absolute Gasteiger partial charge is 0.282 e. The molecule has 0 aromatic carbocycles. The van der Waals surface area contributed by atoms with Crippen molar-refractivity contribution in [2.75, 3.05) is 12.3 Å². The maximum atomic E-state index is 12.3. The Morgan fingerprint density at radius 1 is 1.06 bits per heavy atom. The highest BCUT2D eigenvalue weighted by atomic mass is 28.4. The predicted molar refractivity (Wildman–Crippen MR) is 137 cm³/mol. The molecule has 0 aliphatic heterocycles. The Balaban J connectivity index is 1.93. The zero-order valence-electron chi connectivity index (χ0n) is 21.9. The van der Waals surface area contributed by atoms with E-state index in [0.717, 1.165) is 12.8 Å². The van der Waals surface area contributed by atoms with Crippen molar-refractivity contribution in [2.45, 2.75) is 103 Å². The molecule has 1 aliphatic rings. The quantitative estimate of drug-likeness (QED) is 0.569. The molecule has 2 unspecified atom stereocenters. The molecule has 3 atom stereocenters. The van der Waals surface area contributed by atoms with Crippen LogP contribution in [-0.4, -0.2) is 54.3 Å². The molecule has 0 radical (unpaired) electrons. The number of rotatable bonds is 6. The number of aromatic amines is 1. The highest BCUT2D eigenvalue weighted by Crippen LogP contribution is 2.45. The van der Waals surface area contributed by atoms with Crippen LogP contribution in [0, 0.1) is 5.92 Å². The van der Waals surface area contributed by atoms with E-state index in [0.29, 0.717) is 18.2 Å². The molecule has 0 bridgehead atoms. The zero-order valence-corrected chi connectivity index (χ0v) is 23.9. The number of aromatic nitrogens is 5. The molecule has 9 nitrogen and oxygen atoms in total. The van der Waals surface area contributed by atoms with E-state index in [4.69, 9.17) is 14.6 Å². The molecule has 33 heavy (non-hydrogen) atoms. The van der Waals surface area contributed by atoms with Gasteiger partial charge in [0.05, 0.1) is 12.1 Å². The van der Waals surface area contributed by atoms with Gasteiger partial charge in [0, 0.05) is 6.61 Å². The normalized spacial score (nSPS) is 22.9. The van der Waals surface area contributed by atoms with Gasteiger partial charge in [0.2, 0.25) is 5.95 Å². The van der Waals surface area contributed by atoms with E-state index in [1.165, 1.54) is 0 Å². The number of hydrogen-bond acceptors (Lipinski definition) is 7. The van der Waals surface area contributed by atoms with Gasteiger partial charge in [-0.2, -0.15) is 4.98 Å². The van der Waals surface area contributed by atoms with Gasteiger partial charge in [-0.3, -0.25) is 9.78 Å². The number of nitrogens with one attached hydrogen (secondary N) is 1. The van der Waals surface area contributed by atoms with Crippen molar-refractivity contribution in [3.63, 3.8) is 0 Å². The van der Waals surface area contributed by atoms with Crippen LogP contribution in [0.25, 0.3) is 11.2 Å². The van der Waals surface area contributed by atoms with Crippen molar-refractivity contribution in [3.8, 4) is 0 Å². The molecule has 3 rings (SSSR count). The minimum atomic E-state index is -2.04. The van der Waals surface area contributed by atoms with Gasteiger partial charge in [0.1, 0.15) is 0 Å². The number of hydrogen-bond donors (Lipinski definition) is 2. The number of nitrogens with two attached hydrogens (primary N) is 1. The highest BCUT2D eigenvalue weighted by molar-refractivity contribution is 6.74. The van der Waals surface area contributed by atoms with E-state index in [1.807, 2.05) is 0 Å². The van der Waals surface area contributed by atoms with Crippen LogP contribution >= 0.6 is 0 Å². The second kappa shape index (κ2) is 8.58. The Labute approximate surface area is 199 Å². The lowest BCUT2D eigenvalue weighted by molar-refractivity contribution is 0.134. The van der Waals surface area contributed by atoms with Gasteiger partial charge in [0.25, 0.3) is 5.56 Å². The third-order valence-corrected chi connectivity index (χ3v) is 17.0. The molecule has 0 saturated heterocycles. The van der Waals surface area contributed by atoms with E-state index in [2.05, 4.69) is 88.0 Å². The summed E-state index contributed by atoms with van der Waals surface area (Å²) in [4.78, 5) is 19.2. The van der Waals surface area contributed by atoms with Crippen LogP contribution in [0.1, 0.15) is 60.4 Å². The zero-order chi connectivity index (χ0) is 25.0. The lowest BCUT2D eigenvalue weighted by Gasteiger charge is -2.39. The van der Waals surface area contributed by atoms with E-state index >= 15 is 0 Å². The van der Waals surface area contributed by atoms with Crippen molar-refractivity contribution in [1.82, 2.24) is 25.0 Å². The monoisotopic (exact) mass is 494 g/mol. The maximum absolute atomic E-state index is 12.3. The van der Waals surface area contributed by atoms with Crippen molar-refractivity contribution in [2.24, 2.45) is 5.92 Å². The summed E-state index contributed by atoms with van der Waals surface area (Å²) in [6, 6.07) is -0.0779. The molecule has 186 valence electrons. The van der Waals surface area contributed by atoms with Crippen LogP contribution in [-0.2, 0) is 8.85 Å². The van der Waals surface area contributed by atoms with Crippen molar-refractivity contribution >= 4 is 33.7 Å². The summed E-state index contributed by atoms with van der Waals surface area (Å²) in [5.41, 5.74) is 6.08. The molecule has 2 aromatic rings. The van der Waals surface area contributed by atoms with Crippen LogP contribution in [0.3, 0.4) is 0 Å². The molecule has 0 amide bonds. The molecule has 1 fully saturated rings. The molecule has 2 aromatic heterocycles. The van der Waals surface area contributed by atoms with Crippen LogP contribution in [0.5, 0.6) is 0 Å². The first-order chi connectivity index (χ1) is 14.9. The van der Waals surface area contributed by atoms with Crippen LogP contribution < -0.4 is 11.3 Å². The lowest BCUT2D eigenvalue weighted by Crippen LogP contribution is -2.45. The third-order valence-electron chi connectivity index (χ3n) is 7.97. The van der Waals surface area contributed by atoms with Gasteiger partial charge in [-0.15, -0.1) is 5.10 Å². The minimum absolute atomic E-state index is 0.0499. The summed E-state index contributed by atoms with van der Waals surface area (Å²) >= 11 is 0. The SMILES string of the molecule is CC(C)(C)[Si](C)(C)OCC1CC(O[Si](C)(C)C(C)(C)C)[C@H](n2nnc3c(=O)[nH]c(N)nc32)C1. The topological polar surface area (TPSA) is 121 Å².